The topological polar surface area (TPSA) is 173 Å². The Labute approximate surface area is 161 Å². The largest absolute Gasteiger partial charge is 0.507 e. The third kappa shape index (κ3) is 6.74. The van der Waals surface area contributed by atoms with Crippen molar-refractivity contribution in [3.63, 3.8) is 0 Å². The van der Waals surface area contributed by atoms with E-state index < -0.39 is 42.3 Å². The number of phenols is 1. The van der Waals surface area contributed by atoms with Crippen LogP contribution >= 0.6 is 22.6 Å². The van der Waals surface area contributed by atoms with Crippen molar-refractivity contribution in [3.05, 3.63) is 27.3 Å². The van der Waals surface area contributed by atoms with E-state index >= 15 is 0 Å². The second-order valence-corrected chi connectivity index (χ2v) is 6.44. The van der Waals surface area contributed by atoms with E-state index in [0.717, 1.165) is 0 Å². The van der Waals surface area contributed by atoms with Gasteiger partial charge in [0.15, 0.2) is 0 Å². The Kier molecular flexibility index (Phi) is 8.09. The molecule has 11 heteroatoms. The van der Waals surface area contributed by atoms with Gasteiger partial charge in [0.25, 0.3) is 0 Å². The number of halogens is 1. The summed E-state index contributed by atoms with van der Waals surface area (Å²) in [5, 5.41) is 40.7. The van der Waals surface area contributed by atoms with Gasteiger partial charge in [0.05, 0.1) is 9.49 Å². The molecule has 0 radical (unpaired) electrons. The Morgan fingerprint density at radius 3 is 2.23 bits per heavy atom. The number of urea groups is 1. The number of amides is 2. The Morgan fingerprint density at radius 2 is 1.73 bits per heavy atom. The Hall–Kier alpha value is -2.57. The molecule has 0 bridgehead atoms. The maximum absolute atomic E-state index is 11.8. The summed E-state index contributed by atoms with van der Waals surface area (Å²) in [4.78, 5) is 44.8. The van der Waals surface area contributed by atoms with Gasteiger partial charge in [-0.1, -0.05) is 6.07 Å². The second-order valence-electron chi connectivity index (χ2n) is 5.28. The number of phenolic OH excluding ortho intramolecular Hbond substituents is 1. The summed E-state index contributed by atoms with van der Waals surface area (Å²) in [5.41, 5.74) is 0.348. The maximum Gasteiger partial charge on any atom is 0.326 e. The van der Waals surface area contributed by atoms with Crippen LogP contribution in [0.1, 0.15) is 24.3 Å². The van der Waals surface area contributed by atoms with Crippen LogP contribution in [0.25, 0.3) is 0 Å². The lowest BCUT2D eigenvalue weighted by Crippen LogP contribution is -2.47. The number of nitrogens with one attached hydrogen (secondary N) is 2. The molecule has 1 aromatic rings. The first kappa shape index (κ1) is 21.5. The van der Waals surface area contributed by atoms with Crippen LogP contribution in [0.3, 0.4) is 0 Å². The maximum atomic E-state index is 11.8. The number of carbonyl (C=O) groups is 4. The molecule has 0 aliphatic heterocycles. The van der Waals surface area contributed by atoms with E-state index in [1.165, 1.54) is 18.2 Å². The van der Waals surface area contributed by atoms with Gasteiger partial charge >= 0.3 is 23.9 Å². The lowest BCUT2D eigenvalue weighted by molar-refractivity contribution is -0.141. The van der Waals surface area contributed by atoms with Gasteiger partial charge in [0.2, 0.25) is 0 Å². The molecule has 0 spiro atoms. The molecule has 0 heterocycles. The van der Waals surface area contributed by atoms with E-state index in [0.29, 0.717) is 9.13 Å². The Balaban J connectivity index is 2.71. The zero-order chi connectivity index (χ0) is 19.9. The van der Waals surface area contributed by atoms with E-state index in [9.17, 15) is 29.4 Å². The van der Waals surface area contributed by atoms with E-state index in [2.05, 4.69) is 10.6 Å². The lowest BCUT2D eigenvalue weighted by atomic mass is 9.99. The number of hydrogen-bond donors (Lipinski definition) is 6. The van der Waals surface area contributed by atoms with Crippen LogP contribution in [0.15, 0.2) is 18.2 Å². The monoisotopic (exact) mass is 480 g/mol. The molecule has 0 saturated carbocycles. The van der Waals surface area contributed by atoms with E-state index in [-0.39, 0.29) is 18.7 Å². The number of hydrogen-bond acceptors (Lipinski definition) is 5. The highest BCUT2D eigenvalue weighted by Gasteiger charge is 2.24. The van der Waals surface area contributed by atoms with Crippen molar-refractivity contribution in [1.29, 1.82) is 0 Å². The third-order valence-corrected chi connectivity index (χ3v) is 4.25. The fourth-order valence-corrected chi connectivity index (χ4v) is 2.56. The summed E-state index contributed by atoms with van der Waals surface area (Å²) in [7, 11) is 0. The van der Waals surface area contributed by atoms with Crippen molar-refractivity contribution in [2.75, 3.05) is 6.54 Å². The van der Waals surface area contributed by atoms with Gasteiger partial charge in [-0.3, -0.25) is 9.59 Å². The fourth-order valence-electron chi connectivity index (χ4n) is 2.02. The first-order chi connectivity index (χ1) is 12.1. The first-order valence-electron chi connectivity index (χ1n) is 7.32. The molecule has 6 N–H and O–H groups in total. The smallest absolute Gasteiger partial charge is 0.326 e. The Morgan fingerprint density at radius 1 is 1.08 bits per heavy atom. The number of aromatic hydroxyl groups is 1. The molecule has 1 aromatic carbocycles. The normalized spacial score (nSPS) is 12.7. The highest BCUT2D eigenvalue weighted by atomic mass is 127. The number of carbonyl (C=O) groups excluding carboxylic acids is 1. The highest BCUT2D eigenvalue weighted by Crippen LogP contribution is 2.24. The fraction of sp³-hybridized carbons (Fsp3) is 0.333. The zero-order valence-electron chi connectivity index (χ0n) is 13.3. The van der Waals surface area contributed by atoms with E-state index in [4.69, 9.17) is 10.2 Å². The summed E-state index contributed by atoms with van der Waals surface area (Å²) in [6, 6.07) is 1.86. The molecule has 0 saturated heterocycles. The molecule has 0 aliphatic carbocycles. The van der Waals surface area contributed by atoms with Crippen LogP contribution in [-0.4, -0.2) is 57.0 Å². The average molecular weight is 480 g/mol. The average Bonchev–Trinajstić information content (AvgIpc) is 2.54. The summed E-state index contributed by atoms with van der Waals surface area (Å²) in [5.74, 6) is -4.94. The summed E-state index contributed by atoms with van der Waals surface area (Å²) < 4.78 is 0.440. The van der Waals surface area contributed by atoms with E-state index in [1.807, 2.05) is 22.6 Å². The number of carboxylic acid groups (broad SMARTS) is 3. The highest BCUT2D eigenvalue weighted by molar-refractivity contribution is 14.1. The molecule has 1 rings (SSSR count). The van der Waals surface area contributed by atoms with Crippen LogP contribution < -0.4 is 10.6 Å². The number of carboxylic acids is 3. The van der Waals surface area contributed by atoms with Crippen molar-refractivity contribution >= 4 is 46.5 Å². The quantitative estimate of drug-likeness (QED) is 0.281. The number of benzene rings is 1. The second kappa shape index (κ2) is 9.79. The number of rotatable bonds is 9. The van der Waals surface area contributed by atoms with Gasteiger partial charge in [0.1, 0.15) is 11.8 Å². The molecule has 0 aliphatic rings. The minimum Gasteiger partial charge on any atom is -0.507 e. The Bertz CT molecular complexity index is 709. The predicted molar refractivity (Wildman–Crippen MR) is 96.0 cm³/mol. The standard InChI is InChI=1S/C15H17IN2O8/c16-9-5-7(1-3-11(9)19)8(13(22)23)6-17-15(26)18-10(14(24)25)2-4-12(20)21/h1,3,5,8,10,19H,2,4,6H2,(H,20,21)(H,22,23)(H,24,25)(H2,17,18,26). The molecule has 2 amide bonds. The van der Waals surface area contributed by atoms with Crippen LogP contribution in [0.4, 0.5) is 4.79 Å². The van der Waals surface area contributed by atoms with Gasteiger partial charge in [-0.2, -0.15) is 0 Å². The molecular formula is C15H17IN2O8. The van der Waals surface area contributed by atoms with Crippen LogP contribution in [0.2, 0.25) is 0 Å². The van der Waals surface area contributed by atoms with Crippen LogP contribution in [0, 0.1) is 3.57 Å². The zero-order valence-corrected chi connectivity index (χ0v) is 15.5. The molecule has 0 fully saturated rings. The molecule has 10 nitrogen and oxygen atoms in total. The summed E-state index contributed by atoms with van der Waals surface area (Å²) in [6.07, 6.45) is -0.752. The van der Waals surface area contributed by atoms with Gasteiger partial charge in [-0.15, -0.1) is 0 Å². The molecular weight excluding hydrogens is 463 g/mol. The minimum atomic E-state index is -1.41. The van der Waals surface area contributed by atoms with Crippen molar-refractivity contribution in [2.45, 2.75) is 24.8 Å². The van der Waals surface area contributed by atoms with Crippen molar-refractivity contribution in [3.8, 4) is 5.75 Å². The first-order valence-corrected chi connectivity index (χ1v) is 8.39. The van der Waals surface area contributed by atoms with Gasteiger partial charge in [0, 0.05) is 13.0 Å². The van der Waals surface area contributed by atoms with Gasteiger partial charge in [-0.25, -0.2) is 9.59 Å². The summed E-state index contributed by atoms with van der Waals surface area (Å²) in [6.45, 7) is -0.326. The predicted octanol–water partition coefficient (Wildman–Crippen LogP) is 0.782. The van der Waals surface area contributed by atoms with Gasteiger partial charge in [-0.05, 0) is 46.7 Å². The summed E-state index contributed by atoms with van der Waals surface area (Å²) >= 11 is 1.83. The van der Waals surface area contributed by atoms with Crippen molar-refractivity contribution < 1.29 is 39.6 Å². The lowest BCUT2D eigenvalue weighted by Gasteiger charge is -2.17. The molecule has 2 atom stereocenters. The van der Waals surface area contributed by atoms with Crippen LogP contribution in [-0.2, 0) is 14.4 Å². The molecule has 2 unspecified atom stereocenters. The molecule has 26 heavy (non-hydrogen) atoms. The van der Waals surface area contributed by atoms with Gasteiger partial charge < -0.3 is 31.1 Å². The molecule has 142 valence electrons. The number of aliphatic carboxylic acids is 3. The SMILES string of the molecule is O=C(O)CCC(NC(=O)NCC(C(=O)O)c1ccc(O)c(I)c1)C(=O)O. The van der Waals surface area contributed by atoms with Crippen LogP contribution in [0.5, 0.6) is 5.75 Å². The van der Waals surface area contributed by atoms with Crippen molar-refractivity contribution in [1.82, 2.24) is 10.6 Å². The third-order valence-electron chi connectivity index (χ3n) is 3.39. The minimum absolute atomic E-state index is 0.00748. The van der Waals surface area contributed by atoms with Crippen molar-refractivity contribution in [2.24, 2.45) is 0 Å². The van der Waals surface area contributed by atoms with E-state index in [1.54, 1.807) is 0 Å². The molecule has 0 aromatic heterocycles.